The highest BCUT2D eigenvalue weighted by atomic mass is 16.5. The van der Waals surface area contributed by atoms with E-state index in [2.05, 4.69) is 15.4 Å². The maximum absolute atomic E-state index is 12.5. The number of amides is 1. The zero-order chi connectivity index (χ0) is 20.8. The van der Waals surface area contributed by atoms with Crippen molar-refractivity contribution in [2.45, 2.75) is 33.2 Å². The van der Waals surface area contributed by atoms with Crippen LogP contribution >= 0.6 is 0 Å². The summed E-state index contributed by atoms with van der Waals surface area (Å²) in [5.41, 5.74) is 3.55. The highest BCUT2D eigenvalue weighted by Gasteiger charge is 2.13. The molecule has 0 radical (unpaired) electrons. The number of carbonyl (C=O) groups excluding carboxylic acids is 1. The zero-order valence-corrected chi connectivity index (χ0v) is 16.8. The first-order valence-electron chi connectivity index (χ1n) is 9.54. The lowest BCUT2D eigenvalue weighted by Crippen LogP contribution is -2.31. The molecule has 1 aromatic heterocycles. The quantitative estimate of drug-likeness (QED) is 0.668. The van der Waals surface area contributed by atoms with Crippen molar-refractivity contribution in [2.24, 2.45) is 0 Å². The Hall–Kier alpha value is -3.48. The van der Waals surface area contributed by atoms with Gasteiger partial charge in [-0.15, -0.1) is 0 Å². The molecule has 1 N–H and O–H groups in total. The number of carbonyl (C=O) groups is 1. The summed E-state index contributed by atoms with van der Waals surface area (Å²) in [7, 11) is 1.59. The summed E-state index contributed by atoms with van der Waals surface area (Å²) in [6.45, 7) is 3.88. The Morgan fingerprint density at radius 1 is 1.07 bits per heavy atom. The normalized spacial score (nSPS) is 10.6. The van der Waals surface area contributed by atoms with Gasteiger partial charge in [0.15, 0.2) is 0 Å². The molecule has 150 valence electrons. The van der Waals surface area contributed by atoms with E-state index in [1.165, 1.54) is 6.20 Å². The summed E-state index contributed by atoms with van der Waals surface area (Å²) in [4.78, 5) is 28.9. The number of methoxy groups -OCH3 is 1. The third-order valence-electron chi connectivity index (χ3n) is 4.70. The summed E-state index contributed by atoms with van der Waals surface area (Å²) in [5, 5.41) is 7.05. The van der Waals surface area contributed by atoms with E-state index in [4.69, 9.17) is 4.74 Å². The van der Waals surface area contributed by atoms with Crippen LogP contribution in [0.2, 0.25) is 0 Å². The predicted octanol–water partition coefficient (Wildman–Crippen LogP) is 3.08. The molecule has 0 saturated carbocycles. The maximum Gasteiger partial charge on any atom is 0.365 e. The fourth-order valence-electron chi connectivity index (χ4n) is 3.09. The molecule has 2 aromatic carbocycles. The second kappa shape index (κ2) is 9.14. The maximum atomic E-state index is 12.5. The monoisotopic (exact) mass is 392 g/mol. The standard InChI is InChI=1S/C22H24N4O3/c1-4-15-7-6-8-16(5-2)21(15)25-20(27)14-26-22(28)24-19(13-23-26)17-9-11-18(29-3)12-10-17/h6-13H,4-5,14H2,1-3H3,(H,25,27). The van der Waals surface area contributed by atoms with Crippen LogP contribution in [0.3, 0.4) is 0 Å². The molecule has 1 amide bonds. The lowest BCUT2D eigenvalue weighted by molar-refractivity contribution is -0.117. The minimum atomic E-state index is -0.576. The molecule has 0 atom stereocenters. The van der Waals surface area contributed by atoms with E-state index in [-0.39, 0.29) is 12.5 Å². The van der Waals surface area contributed by atoms with Crippen molar-refractivity contribution in [3.63, 3.8) is 0 Å². The molecule has 29 heavy (non-hydrogen) atoms. The Labute approximate surface area is 169 Å². The van der Waals surface area contributed by atoms with Crippen LogP contribution in [0.15, 0.2) is 53.5 Å². The van der Waals surface area contributed by atoms with Crippen LogP contribution in [0.5, 0.6) is 5.75 Å². The van der Waals surface area contributed by atoms with Crippen molar-refractivity contribution >= 4 is 11.6 Å². The number of nitrogens with zero attached hydrogens (tertiary/aromatic N) is 3. The summed E-state index contributed by atoms with van der Waals surface area (Å²) in [6, 6.07) is 13.1. The first-order chi connectivity index (χ1) is 14.0. The van der Waals surface area contributed by atoms with E-state index < -0.39 is 5.69 Å². The first kappa shape index (κ1) is 20.3. The van der Waals surface area contributed by atoms with Crippen molar-refractivity contribution in [2.75, 3.05) is 12.4 Å². The summed E-state index contributed by atoms with van der Waals surface area (Å²) in [6.07, 6.45) is 3.09. The van der Waals surface area contributed by atoms with Crippen molar-refractivity contribution < 1.29 is 9.53 Å². The van der Waals surface area contributed by atoms with Crippen molar-refractivity contribution in [3.8, 4) is 17.0 Å². The van der Waals surface area contributed by atoms with Crippen LogP contribution in [0.1, 0.15) is 25.0 Å². The van der Waals surface area contributed by atoms with Gasteiger partial charge in [0.2, 0.25) is 5.91 Å². The smallest absolute Gasteiger partial charge is 0.365 e. The Morgan fingerprint density at radius 2 is 1.72 bits per heavy atom. The van der Waals surface area contributed by atoms with Gasteiger partial charge in [0.1, 0.15) is 12.3 Å². The third-order valence-corrected chi connectivity index (χ3v) is 4.70. The second-order valence-corrected chi connectivity index (χ2v) is 6.52. The summed E-state index contributed by atoms with van der Waals surface area (Å²) < 4.78 is 6.19. The van der Waals surface area contributed by atoms with Crippen LogP contribution in [-0.4, -0.2) is 27.8 Å². The van der Waals surface area contributed by atoms with Crippen LogP contribution in [-0.2, 0) is 24.2 Å². The summed E-state index contributed by atoms with van der Waals surface area (Å²) in [5.74, 6) is 0.403. The summed E-state index contributed by atoms with van der Waals surface area (Å²) >= 11 is 0. The van der Waals surface area contributed by atoms with Crippen LogP contribution in [0, 0.1) is 0 Å². The Bertz CT molecular complexity index is 1040. The molecule has 0 aliphatic rings. The van der Waals surface area contributed by atoms with Crippen molar-refractivity contribution in [1.29, 1.82) is 0 Å². The molecule has 0 aliphatic carbocycles. The Balaban J connectivity index is 1.77. The lowest BCUT2D eigenvalue weighted by Gasteiger charge is -2.14. The van der Waals surface area contributed by atoms with Crippen molar-refractivity contribution in [3.05, 3.63) is 70.3 Å². The first-order valence-corrected chi connectivity index (χ1v) is 9.54. The average molecular weight is 392 g/mol. The number of ether oxygens (including phenoxy) is 1. The van der Waals surface area contributed by atoms with Gasteiger partial charge < -0.3 is 10.1 Å². The molecular weight excluding hydrogens is 368 g/mol. The molecule has 0 saturated heterocycles. The largest absolute Gasteiger partial charge is 0.497 e. The predicted molar refractivity (Wildman–Crippen MR) is 112 cm³/mol. The van der Waals surface area contributed by atoms with Gasteiger partial charge in [-0.1, -0.05) is 32.0 Å². The molecule has 7 nitrogen and oxygen atoms in total. The van der Waals surface area contributed by atoms with Crippen LogP contribution < -0.4 is 15.7 Å². The highest BCUT2D eigenvalue weighted by molar-refractivity contribution is 5.92. The zero-order valence-electron chi connectivity index (χ0n) is 16.8. The number of anilines is 1. The number of aromatic nitrogens is 3. The average Bonchev–Trinajstić information content (AvgIpc) is 2.75. The number of nitrogens with one attached hydrogen (secondary N) is 1. The molecular formula is C22H24N4O3. The van der Waals surface area contributed by atoms with Gasteiger partial charge in [-0.05, 0) is 48.2 Å². The SMILES string of the molecule is CCc1cccc(CC)c1NC(=O)Cn1ncc(-c2ccc(OC)cc2)nc1=O. The van der Waals surface area contributed by atoms with E-state index in [9.17, 15) is 9.59 Å². The van der Waals surface area contributed by atoms with E-state index in [1.807, 2.05) is 32.0 Å². The molecule has 0 bridgehead atoms. The third kappa shape index (κ3) is 4.68. The molecule has 0 aliphatic heterocycles. The lowest BCUT2D eigenvalue weighted by atomic mass is 10.0. The molecule has 3 aromatic rings. The molecule has 0 unspecified atom stereocenters. The van der Waals surface area contributed by atoms with E-state index in [1.54, 1.807) is 31.4 Å². The molecule has 0 fully saturated rings. The Kier molecular flexibility index (Phi) is 6.39. The minimum Gasteiger partial charge on any atom is -0.497 e. The molecule has 3 rings (SSSR count). The van der Waals surface area contributed by atoms with Crippen LogP contribution in [0.25, 0.3) is 11.3 Å². The number of benzene rings is 2. The number of para-hydroxylation sites is 1. The topological polar surface area (TPSA) is 86.1 Å². The van der Waals surface area contributed by atoms with Crippen molar-refractivity contribution in [1.82, 2.24) is 14.8 Å². The molecule has 0 spiro atoms. The van der Waals surface area contributed by atoms with Gasteiger partial charge in [-0.2, -0.15) is 10.1 Å². The van der Waals surface area contributed by atoms with E-state index in [0.717, 1.165) is 39.9 Å². The highest BCUT2D eigenvalue weighted by Crippen LogP contribution is 2.22. The Morgan fingerprint density at radius 3 is 2.28 bits per heavy atom. The van der Waals surface area contributed by atoms with Gasteiger partial charge >= 0.3 is 5.69 Å². The number of aryl methyl sites for hydroxylation is 2. The minimum absolute atomic E-state index is 0.198. The van der Waals surface area contributed by atoms with Gasteiger partial charge in [-0.25, -0.2) is 9.48 Å². The fraction of sp³-hybridized carbons (Fsp3) is 0.273. The second-order valence-electron chi connectivity index (χ2n) is 6.52. The van der Waals surface area contributed by atoms with Crippen LogP contribution in [0.4, 0.5) is 5.69 Å². The number of hydrogen-bond acceptors (Lipinski definition) is 5. The van der Waals surface area contributed by atoms with E-state index in [0.29, 0.717) is 11.4 Å². The van der Waals surface area contributed by atoms with E-state index >= 15 is 0 Å². The van der Waals surface area contributed by atoms with Gasteiger partial charge in [-0.3, -0.25) is 4.79 Å². The van der Waals surface area contributed by atoms with Gasteiger partial charge in [0.05, 0.1) is 19.0 Å². The number of hydrogen-bond donors (Lipinski definition) is 1. The fourth-order valence-corrected chi connectivity index (χ4v) is 3.09. The van der Waals surface area contributed by atoms with Gasteiger partial charge in [0.25, 0.3) is 0 Å². The number of rotatable bonds is 7. The molecule has 7 heteroatoms. The molecule has 1 heterocycles. The van der Waals surface area contributed by atoms with Gasteiger partial charge in [0, 0.05) is 11.3 Å².